The third-order valence-corrected chi connectivity index (χ3v) is 6.00. The van der Waals surface area contributed by atoms with Crippen LogP contribution in [0.15, 0.2) is 66.7 Å². The van der Waals surface area contributed by atoms with Crippen molar-refractivity contribution in [1.82, 2.24) is 5.32 Å². The molecule has 2 amide bonds. The summed E-state index contributed by atoms with van der Waals surface area (Å²) in [7, 11) is 0. The summed E-state index contributed by atoms with van der Waals surface area (Å²) >= 11 is 6.06. The molecule has 0 spiro atoms. The standard InChI is InChI=1S/C25H23ClN4O4/c26-22-15-19(30(33)34)11-12-20(22)25(32)28-23-6-2-1-5-21(23)24(31)27-16-17-7-9-18(10-8-17)29-13-3-4-14-29/h1-2,5-12,15H,3-4,13-14,16H2,(H,27,31)(H,28,32). The van der Waals surface area contributed by atoms with Crippen LogP contribution in [0.3, 0.4) is 0 Å². The monoisotopic (exact) mass is 478 g/mol. The van der Waals surface area contributed by atoms with Gasteiger partial charge in [-0.25, -0.2) is 0 Å². The maximum atomic E-state index is 12.8. The molecule has 4 rings (SSSR count). The molecule has 0 aromatic heterocycles. The van der Waals surface area contributed by atoms with Crippen molar-refractivity contribution in [2.75, 3.05) is 23.3 Å². The average Bonchev–Trinajstić information content (AvgIpc) is 3.38. The molecule has 0 aliphatic carbocycles. The highest BCUT2D eigenvalue weighted by molar-refractivity contribution is 6.34. The summed E-state index contributed by atoms with van der Waals surface area (Å²) in [6.07, 6.45) is 2.42. The van der Waals surface area contributed by atoms with E-state index in [0.717, 1.165) is 24.7 Å². The highest BCUT2D eigenvalue weighted by Crippen LogP contribution is 2.25. The molecule has 0 bridgehead atoms. The highest BCUT2D eigenvalue weighted by Gasteiger charge is 2.18. The number of carbonyl (C=O) groups is 2. The number of halogens is 1. The minimum atomic E-state index is -0.590. The van der Waals surface area contributed by atoms with Gasteiger partial charge in [-0.05, 0) is 48.7 Å². The van der Waals surface area contributed by atoms with E-state index < -0.39 is 10.8 Å². The normalized spacial score (nSPS) is 12.9. The molecule has 1 aliphatic rings. The van der Waals surface area contributed by atoms with Gasteiger partial charge < -0.3 is 15.5 Å². The van der Waals surface area contributed by atoms with Crippen molar-refractivity contribution in [3.63, 3.8) is 0 Å². The van der Waals surface area contributed by atoms with Gasteiger partial charge in [0.05, 0.1) is 26.8 Å². The van der Waals surface area contributed by atoms with E-state index in [4.69, 9.17) is 11.6 Å². The van der Waals surface area contributed by atoms with Gasteiger partial charge in [0.25, 0.3) is 17.5 Å². The summed E-state index contributed by atoms with van der Waals surface area (Å²) in [6.45, 7) is 2.49. The second-order valence-electron chi connectivity index (χ2n) is 7.96. The molecule has 0 atom stereocenters. The van der Waals surface area contributed by atoms with Crippen LogP contribution in [0.4, 0.5) is 17.1 Å². The van der Waals surface area contributed by atoms with Gasteiger partial charge in [0.2, 0.25) is 0 Å². The van der Waals surface area contributed by atoms with Crippen LogP contribution in [0.25, 0.3) is 0 Å². The summed E-state index contributed by atoms with van der Waals surface area (Å²) in [6, 6.07) is 18.3. The fourth-order valence-corrected chi connectivity index (χ4v) is 4.12. The van der Waals surface area contributed by atoms with Gasteiger partial charge in [0.1, 0.15) is 0 Å². The number of amides is 2. The molecule has 1 heterocycles. The number of rotatable bonds is 7. The number of para-hydroxylation sites is 1. The third kappa shape index (κ3) is 5.35. The Hall–Kier alpha value is -3.91. The summed E-state index contributed by atoms with van der Waals surface area (Å²) in [5.74, 6) is -0.910. The quantitative estimate of drug-likeness (QED) is 0.366. The first kappa shape index (κ1) is 23.3. The van der Waals surface area contributed by atoms with Gasteiger partial charge in [0.15, 0.2) is 0 Å². The molecular weight excluding hydrogens is 456 g/mol. The second-order valence-corrected chi connectivity index (χ2v) is 8.37. The van der Waals surface area contributed by atoms with Crippen LogP contribution in [0.5, 0.6) is 0 Å². The molecule has 9 heteroatoms. The molecule has 0 radical (unpaired) electrons. The van der Waals surface area contributed by atoms with Gasteiger partial charge in [-0.15, -0.1) is 0 Å². The van der Waals surface area contributed by atoms with Crippen LogP contribution in [-0.4, -0.2) is 29.8 Å². The van der Waals surface area contributed by atoms with Gasteiger partial charge in [0, 0.05) is 37.5 Å². The number of non-ortho nitro benzene ring substituents is 1. The van der Waals surface area contributed by atoms with Gasteiger partial charge in [-0.2, -0.15) is 0 Å². The molecule has 0 unspecified atom stereocenters. The molecule has 3 aromatic rings. The lowest BCUT2D eigenvalue weighted by molar-refractivity contribution is -0.384. The van der Waals surface area contributed by atoms with E-state index in [0.29, 0.717) is 17.8 Å². The smallest absolute Gasteiger partial charge is 0.270 e. The van der Waals surface area contributed by atoms with Crippen LogP contribution >= 0.6 is 11.6 Å². The van der Waals surface area contributed by atoms with Gasteiger partial charge in [-0.1, -0.05) is 35.9 Å². The molecule has 1 saturated heterocycles. The summed E-state index contributed by atoms with van der Waals surface area (Å²) in [5, 5.41) is 16.4. The number of nitrogens with one attached hydrogen (secondary N) is 2. The molecule has 1 fully saturated rings. The predicted molar refractivity (Wildman–Crippen MR) is 132 cm³/mol. The van der Waals surface area contributed by atoms with Crippen molar-refractivity contribution in [1.29, 1.82) is 0 Å². The number of nitrogens with zero attached hydrogens (tertiary/aromatic N) is 2. The molecule has 1 aliphatic heterocycles. The minimum absolute atomic E-state index is 0.0500. The zero-order valence-electron chi connectivity index (χ0n) is 18.3. The van der Waals surface area contributed by atoms with Crippen LogP contribution in [0.1, 0.15) is 39.1 Å². The second kappa shape index (κ2) is 10.4. The Morgan fingerprint density at radius 1 is 0.941 bits per heavy atom. The molecule has 0 saturated carbocycles. The predicted octanol–water partition coefficient (Wildman–Crippen LogP) is 5.03. The molecule has 174 valence electrons. The summed E-state index contributed by atoms with van der Waals surface area (Å²) in [5.41, 5.74) is 2.61. The topological polar surface area (TPSA) is 105 Å². The fraction of sp³-hybridized carbons (Fsp3) is 0.200. The minimum Gasteiger partial charge on any atom is -0.372 e. The SMILES string of the molecule is O=C(Nc1ccccc1C(=O)NCc1ccc(N2CCCC2)cc1)c1ccc([N+](=O)[O-])cc1Cl. The lowest BCUT2D eigenvalue weighted by Gasteiger charge is -2.18. The van der Waals surface area contributed by atoms with Crippen molar-refractivity contribution >= 4 is 40.5 Å². The maximum absolute atomic E-state index is 12.8. The summed E-state index contributed by atoms with van der Waals surface area (Å²) in [4.78, 5) is 38.2. The fourth-order valence-electron chi connectivity index (χ4n) is 3.86. The van der Waals surface area contributed by atoms with Crippen molar-refractivity contribution in [2.45, 2.75) is 19.4 Å². The average molecular weight is 479 g/mol. The molecule has 2 N–H and O–H groups in total. The Morgan fingerprint density at radius 3 is 2.32 bits per heavy atom. The van der Waals surface area contributed by atoms with Crippen LogP contribution < -0.4 is 15.5 Å². The number of nitro benzene ring substituents is 1. The zero-order chi connectivity index (χ0) is 24.1. The Labute approximate surface area is 201 Å². The third-order valence-electron chi connectivity index (χ3n) is 5.69. The number of benzene rings is 3. The molecule has 8 nitrogen and oxygen atoms in total. The lowest BCUT2D eigenvalue weighted by Crippen LogP contribution is -2.25. The van der Waals surface area contributed by atoms with Crippen LogP contribution in [0.2, 0.25) is 5.02 Å². The van der Waals surface area contributed by atoms with E-state index in [1.807, 2.05) is 12.1 Å². The maximum Gasteiger partial charge on any atom is 0.270 e. The van der Waals surface area contributed by atoms with Crippen molar-refractivity contribution in [2.24, 2.45) is 0 Å². The lowest BCUT2D eigenvalue weighted by atomic mass is 10.1. The van der Waals surface area contributed by atoms with Gasteiger partial charge >= 0.3 is 0 Å². The van der Waals surface area contributed by atoms with E-state index in [-0.39, 0.29) is 22.2 Å². The number of hydrogen-bond acceptors (Lipinski definition) is 5. The first-order valence-corrected chi connectivity index (χ1v) is 11.3. The highest BCUT2D eigenvalue weighted by atomic mass is 35.5. The Kier molecular flexibility index (Phi) is 7.08. The number of nitro groups is 1. The number of anilines is 2. The zero-order valence-corrected chi connectivity index (χ0v) is 19.0. The van der Waals surface area contributed by atoms with Gasteiger partial charge in [-0.3, -0.25) is 19.7 Å². The van der Waals surface area contributed by atoms with Crippen molar-refractivity contribution in [3.05, 3.63) is 98.6 Å². The van der Waals surface area contributed by atoms with E-state index >= 15 is 0 Å². The molecule has 3 aromatic carbocycles. The van der Waals surface area contributed by atoms with Crippen LogP contribution in [-0.2, 0) is 6.54 Å². The largest absolute Gasteiger partial charge is 0.372 e. The molecule has 34 heavy (non-hydrogen) atoms. The van der Waals surface area contributed by atoms with E-state index in [9.17, 15) is 19.7 Å². The van der Waals surface area contributed by atoms with Crippen LogP contribution in [0, 0.1) is 10.1 Å². The van der Waals surface area contributed by atoms with Crippen molar-refractivity contribution < 1.29 is 14.5 Å². The molecular formula is C25H23ClN4O4. The Bertz CT molecular complexity index is 1220. The number of carbonyl (C=O) groups excluding carboxylic acids is 2. The first-order chi connectivity index (χ1) is 16.4. The Balaban J connectivity index is 1.42. The Morgan fingerprint density at radius 2 is 1.65 bits per heavy atom. The van der Waals surface area contributed by atoms with E-state index in [1.165, 1.54) is 30.7 Å². The number of hydrogen-bond donors (Lipinski definition) is 2. The van der Waals surface area contributed by atoms with Crippen molar-refractivity contribution in [3.8, 4) is 0 Å². The van der Waals surface area contributed by atoms with E-state index in [2.05, 4.69) is 27.7 Å². The van der Waals surface area contributed by atoms with E-state index in [1.54, 1.807) is 24.3 Å². The summed E-state index contributed by atoms with van der Waals surface area (Å²) < 4.78 is 0. The first-order valence-electron chi connectivity index (χ1n) is 10.9.